The van der Waals surface area contributed by atoms with Gasteiger partial charge in [-0.2, -0.15) is 0 Å². The lowest BCUT2D eigenvalue weighted by atomic mass is 9.97. The van der Waals surface area contributed by atoms with Gasteiger partial charge in [-0.1, -0.05) is 6.07 Å². The second-order valence-electron chi connectivity index (χ2n) is 4.60. The van der Waals surface area contributed by atoms with Crippen molar-refractivity contribution in [3.63, 3.8) is 0 Å². The first kappa shape index (κ1) is 11.2. The summed E-state index contributed by atoms with van der Waals surface area (Å²) in [5.74, 6) is 0.632. The van der Waals surface area contributed by atoms with Crippen LogP contribution in [0.2, 0.25) is 0 Å². The average molecular weight is 295 g/mol. The zero-order valence-corrected chi connectivity index (χ0v) is 11.2. The smallest absolute Gasteiger partial charge is 0.137 e. The number of hydrogen-bond acceptors (Lipinski definition) is 2. The maximum absolute atomic E-state index is 5.51. The lowest BCUT2D eigenvalue weighted by molar-refractivity contribution is 0.0547. The van der Waals surface area contributed by atoms with Gasteiger partial charge in [0.05, 0.1) is 10.3 Å². The van der Waals surface area contributed by atoms with E-state index in [1.807, 2.05) is 18.2 Å². The van der Waals surface area contributed by atoms with Gasteiger partial charge in [0, 0.05) is 19.4 Å². The summed E-state index contributed by atoms with van der Waals surface area (Å²) in [5.41, 5.74) is 2.17. The number of ether oxygens (including phenoxy) is 1. The van der Waals surface area contributed by atoms with Crippen molar-refractivity contribution in [2.45, 2.75) is 19.3 Å². The summed E-state index contributed by atoms with van der Waals surface area (Å²) in [6.07, 6.45) is 5.58. The number of pyridine rings is 1. The standard InChI is InChI=1S/C13H15BrN2O/c14-12-4-1-5-13-15-11(8-16(12)13)7-10-3-2-6-17-9-10/h1,4-5,8,10H,2-3,6-7,9H2. The molecule has 0 aromatic carbocycles. The Hall–Kier alpha value is -0.870. The Bertz CT molecular complexity index is 517. The van der Waals surface area contributed by atoms with Gasteiger partial charge < -0.3 is 4.74 Å². The quantitative estimate of drug-likeness (QED) is 0.796. The van der Waals surface area contributed by atoms with Gasteiger partial charge in [-0.15, -0.1) is 0 Å². The molecule has 0 bridgehead atoms. The van der Waals surface area contributed by atoms with Gasteiger partial charge in [-0.25, -0.2) is 4.98 Å². The van der Waals surface area contributed by atoms with Crippen molar-refractivity contribution in [3.05, 3.63) is 34.7 Å². The third-order valence-electron chi connectivity index (χ3n) is 3.24. The minimum Gasteiger partial charge on any atom is -0.381 e. The number of halogens is 1. The van der Waals surface area contributed by atoms with E-state index in [4.69, 9.17) is 4.74 Å². The van der Waals surface area contributed by atoms with Gasteiger partial charge in [0.1, 0.15) is 5.65 Å². The van der Waals surface area contributed by atoms with Crippen molar-refractivity contribution in [1.82, 2.24) is 9.38 Å². The lowest BCUT2D eigenvalue weighted by Crippen LogP contribution is -2.19. The number of fused-ring (bicyclic) bond motifs is 1. The summed E-state index contributed by atoms with van der Waals surface area (Å²) >= 11 is 3.53. The maximum atomic E-state index is 5.51. The Labute approximate surface area is 109 Å². The average Bonchev–Trinajstić information content (AvgIpc) is 2.74. The fourth-order valence-corrected chi connectivity index (χ4v) is 2.83. The monoisotopic (exact) mass is 294 g/mol. The zero-order chi connectivity index (χ0) is 11.7. The van der Waals surface area contributed by atoms with Gasteiger partial charge >= 0.3 is 0 Å². The zero-order valence-electron chi connectivity index (χ0n) is 9.60. The first-order chi connectivity index (χ1) is 8.33. The molecule has 4 heteroatoms. The van der Waals surface area contributed by atoms with E-state index in [0.29, 0.717) is 5.92 Å². The molecular formula is C13H15BrN2O. The summed E-state index contributed by atoms with van der Waals surface area (Å²) < 4.78 is 8.64. The molecule has 3 rings (SSSR count). The van der Waals surface area contributed by atoms with Crippen LogP contribution in [0.15, 0.2) is 29.0 Å². The van der Waals surface area contributed by atoms with Crippen LogP contribution in [0.25, 0.3) is 5.65 Å². The van der Waals surface area contributed by atoms with E-state index in [9.17, 15) is 0 Å². The summed E-state index contributed by atoms with van der Waals surface area (Å²) in [4.78, 5) is 4.65. The first-order valence-electron chi connectivity index (χ1n) is 6.03. The van der Waals surface area contributed by atoms with Crippen LogP contribution in [0, 0.1) is 5.92 Å². The second kappa shape index (κ2) is 4.78. The number of nitrogens with zero attached hydrogens (tertiary/aromatic N) is 2. The topological polar surface area (TPSA) is 26.5 Å². The third-order valence-corrected chi connectivity index (χ3v) is 3.89. The summed E-state index contributed by atoms with van der Waals surface area (Å²) in [7, 11) is 0. The number of hydrogen-bond donors (Lipinski definition) is 0. The molecule has 0 spiro atoms. The lowest BCUT2D eigenvalue weighted by Gasteiger charge is -2.20. The van der Waals surface area contributed by atoms with Crippen molar-refractivity contribution in [3.8, 4) is 0 Å². The molecule has 0 aliphatic carbocycles. The fraction of sp³-hybridized carbons (Fsp3) is 0.462. The van der Waals surface area contributed by atoms with Crippen molar-refractivity contribution in [1.29, 1.82) is 0 Å². The van der Waals surface area contributed by atoms with Gasteiger partial charge in [-0.3, -0.25) is 4.40 Å². The summed E-state index contributed by atoms with van der Waals surface area (Å²) in [6.45, 7) is 1.81. The highest BCUT2D eigenvalue weighted by atomic mass is 79.9. The summed E-state index contributed by atoms with van der Waals surface area (Å²) in [5, 5.41) is 0. The molecule has 1 aliphatic heterocycles. The van der Waals surface area contributed by atoms with E-state index in [0.717, 1.165) is 35.6 Å². The van der Waals surface area contributed by atoms with Crippen LogP contribution in [0.5, 0.6) is 0 Å². The number of imidazole rings is 1. The second-order valence-corrected chi connectivity index (χ2v) is 5.41. The molecular weight excluding hydrogens is 280 g/mol. The maximum Gasteiger partial charge on any atom is 0.137 e. The summed E-state index contributed by atoms with van der Waals surface area (Å²) in [6, 6.07) is 6.08. The number of aromatic nitrogens is 2. The van der Waals surface area contributed by atoms with E-state index in [-0.39, 0.29) is 0 Å². The first-order valence-corrected chi connectivity index (χ1v) is 6.82. The van der Waals surface area contributed by atoms with E-state index < -0.39 is 0 Å². The Balaban J connectivity index is 1.83. The highest BCUT2D eigenvalue weighted by Crippen LogP contribution is 2.20. The molecule has 1 fully saturated rings. The van der Waals surface area contributed by atoms with Crippen molar-refractivity contribution in [2.24, 2.45) is 5.92 Å². The molecule has 2 aromatic rings. The predicted molar refractivity (Wildman–Crippen MR) is 70.1 cm³/mol. The fourth-order valence-electron chi connectivity index (χ4n) is 2.39. The van der Waals surface area contributed by atoms with E-state index in [1.165, 1.54) is 12.8 Å². The normalized spacial score (nSPS) is 20.9. The molecule has 17 heavy (non-hydrogen) atoms. The number of rotatable bonds is 2. The Morgan fingerprint density at radius 2 is 2.41 bits per heavy atom. The highest BCUT2D eigenvalue weighted by molar-refractivity contribution is 9.10. The van der Waals surface area contributed by atoms with Gasteiger partial charge in [0.15, 0.2) is 0 Å². The molecule has 1 unspecified atom stereocenters. The molecule has 3 heterocycles. The van der Waals surface area contributed by atoms with Crippen molar-refractivity contribution in [2.75, 3.05) is 13.2 Å². The predicted octanol–water partition coefficient (Wildman–Crippen LogP) is 3.07. The SMILES string of the molecule is Brc1cccc2nc(CC3CCCOC3)cn12. The molecule has 0 N–H and O–H groups in total. The van der Waals surface area contributed by atoms with Crippen LogP contribution in [-0.2, 0) is 11.2 Å². The Kier molecular flexibility index (Phi) is 3.16. The van der Waals surface area contributed by atoms with Crippen LogP contribution >= 0.6 is 15.9 Å². The molecule has 0 radical (unpaired) electrons. The molecule has 2 aromatic heterocycles. The molecule has 0 saturated carbocycles. The molecule has 1 atom stereocenters. The van der Waals surface area contributed by atoms with Gasteiger partial charge in [0.2, 0.25) is 0 Å². The van der Waals surface area contributed by atoms with Gasteiger partial charge in [-0.05, 0) is 53.2 Å². The van der Waals surface area contributed by atoms with E-state index in [2.05, 4.69) is 31.5 Å². The van der Waals surface area contributed by atoms with Crippen molar-refractivity contribution >= 4 is 21.6 Å². The van der Waals surface area contributed by atoms with Crippen LogP contribution in [-0.4, -0.2) is 22.6 Å². The molecule has 90 valence electrons. The minimum atomic E-state index is 0.632. The molecule has 1 aliphatic rings. The Morgan fingerprint density at radius 1 is 1.47 bits per heavy atom. The van der Waals surface area contributed by atoms with Crippen LogP contribution in [0.4, 0.5) is 0 Å². The molecule has 3 nitrogen and oxygen atoms in total. The van der Waals surface area contributed by atoms with E-state index >= 15 is 0 Å². The van der Waals surface area contributed by atoms with Crippen molar-refractivity contribution < 1.29 is 4.74 Å². The van der Waals surface area contributed by atoms with E-state index in [1.54, 1.807) is 0 Å². The van der Waals surface area contributed by atoms with Crippen LogP contribution in [0.1, 0.15) is 18.5 Å². The minimum absolute atomic E-state index is 0.632. The Morgan fingerprint density at radius 3 is 3.18 bits per heavy atom. The van der Waals surface area contributed by atoms with Gasteiger partial charge in [0.25, 0.3) is 0 Å². The largest absolute Gasteiger partial charge is 0.381 e. The molecule has 1 saturated heterocycles. The molecule has 0 amide bonds. The van der Waals surface area contributed by atoms with Crippen LogP contribution in [0.3, 0.4) is 0 Å². The van der Waals surface area contributed by atoms with Crippen LogP contribution < -0.4 is 0 Å². The highest BCUT2D eigenvalue weighted by Gasteiger charge is 2.16. The third kappa shape index (κ3) is 2.38.